The number of aliphatic hydroxyl groups is 1. The summed E-state index contributed by atoms with van der Waals surface area (Å²) in [7, 11) is 0. The zero-order valence-corrected chi connectivity index (χ0v) is 10.7. The van der Waals surface area contributed by atoms with Crippen LogP contribution < -0.4 is 0 Å². The van der Waals surface area contributed by atoms with Gasteiger partial charge in [0.1, 0.15) is 5.78 Å². The van der Waals surface area contributed by atoms with E-state index in [1.54, 1.807) is 0 Å². The molecule has 2 aliphatic carbocycles. The first-order valence-electron chi connectivity index (χ1n) is 6.49. The lowest BCUT2D eigenvalue weighted by atomic mass is 9.70. The van der Waals surface area contributed by atoms with E-state index < -0.39 is 0 Å². The number of ketones is 1. The van der Waals surface area contributed by atoms with Crippen LogP contribution in [0.15, 0.2) is 37.4 Å². The van der Waals surface area contributed by atoms with Crippen LogP contribution in [-0.4, -0.2) is 10.9 Å². The van der Waals surface area contributed by atoms with Crippen LogP contribution in [-0.2, 0) is 11.2 Å². The van der Waals surface area contributed by atoms with Crippen LogP contribution in [0.25, 0.3) is 0 Å². The van der Waals surface area contributed by atoms with Gasteiger partial charge >= 0.3 is 0 Å². The van der Waals surface area contributed by atoms with Gasteiger partial charge in [-0.2, -0.15) is 0 Å². The summed E-state index contributed by atoms with van der Waals surface area (Å²) in [6.07, 6.45) is 3.56. The third-order valence-electron chi connectivity index (χ3n) is 4.28. The molecule has 0 heterocycles. The highest BCUT2D eigenvalue weighted by Crippen LogP contribution is 2.53. The van der Waals surface area contributed by atoms with Crippen molar-refractivity contribution in [2.75, 3.05) is 0 Å². The van der Waals surface area contributed by atoms with Gasteiger partial charge in [-0.3, -0.25) is 4.79 Å². The lowest BCUT2D eigenvalue weighted by molar-refractivity contribution is -0.124. The second kappa shape index (κ2) is 5.07. The summed E-state index contributed by atoms with van der Waals surface area (Å²) in [6.45, 7) is 6.00. The van der Waals surface area contributed by atoms with Crippen molar-refractivity contribution in [2.24, 2.45) is 5.41 Å². The van der Waals surface area contributed by atoms with Crippen molar-refractivity contribution >= 4 is 5.78 Å². The van der Waals surface area contributed by atoms with Gasteiger partial charge in [0.05, 0.1) is 6.10 Å². The molecule has 1 spiro atoms. The number of carbonyl (C=O) groups is 1. The quantitative estimate of drug-likeness (QED) is 0.711. The molecule has 0 bridgehead atoms. The van der Waals surface area contributed by atoms with Crippen molar-refractivity contribution in [3.8, 4) is 0 Å². The molecule has 2 aliphatic rings. The first kappa shape index (κ1) is 13.0. The standard InChI is InChI=1S/C14H16O2.C2H4/c15-11-5-7-14(8-6-11)9-10-3-1-2-4-12(10)13(14)16;1-2/h1-4,13,16H,5-9H2;1-2H2. The number of Topliss-reactive ketones (excluding diaryl/α,β-unsaturated/α-hetero) is 1. The Hall–Kier alpha value is -1.41. The molecular weight excluding hydrogens is 224 g/mol. The number of aliphatic hydroxyl groups excluding tert-OH is 1. The molecule has 2 heteroatoms. The third-order valence-corrected chi connectivity index (χ3v) is 4.28. The minimum atomic E-state index is -0.364. The smallest absolute Gasteiger partial charge is 0.132 e. The SMILES string of the molecule is C=C.O=C1CCC2(CC1)Cc1ccccc1C2O. The number of hydrogen-bond donors (Lipinski definition) is 1. The molecule has 0 saturated heterocycles. The molecule has 96 valence electrons. The summed E-state index contributed by atoms with van der Waals surface area (Å²) in [4.78, 5) is 11.3. The Morgan fingerprint density at radius 3 is 2.39 bits per heavy atom. The molecule has 0 amide bonds. The molecule has 1 unspecified atom stereocenters. The second-order valence-electron chi connectivity index (χ2n) is 5.18. The third kappa shape index (κ3) is 2.01. The molecule has 0 radical (unpaired) electrons. The van der Waals surface area contributed by atoms with Crippen LogP contribution in [0.5, 0.6) is 0 Å². The highest BCUT2D eigenvalue weighted by molar-refractivity contribution is 5.79. The first-order chi connectivity index (χ1) is 8.71. The number of fused-ring (bicyclic) bond motifs is 1. The minimum absolute atomic E-state index is 0.0441. The van der Waals surface area contributed by atoms with E-state index in [2.05, 4.69) is 19.2 Å². The Morgan fingerprint density at radius 2 is 1.78 bits per heavy atom. The fourth-order valence-electron chi connectivity index (χ4n) is 3.24. The van der Waals surface area contributed by atoms with Crippen molar-refractivity contribution in [1.82, 2.24) is 0 Å². The number of carbonyl (C=O) groups excluding carboxylic acids is 1. The van der Waals surface area contributed by atoms with Crippen LogP contribution in [0, 0.1) is 5.41 Å². The average molecular weight is 244 g/mol. The zero-order valence-electron chi connectivity index (χ0n) is 10.7. The monoisotopic (exact) mass is 244 g/mol. The Kier molecular flexibility index (Phi) is 3.67. The van der Waals surface area contributed by atoms with E-state index in [4.69, 9.17) is 0 Å². The maximum absolute atomic E-state index is 11.3. The largest absolute Gasteiger partial charge is 0.388 e. The van der Waals surface area contributed by atoms with Crippen LogP contribution in [0.1, 0.15) is 42.9 Å². The van der Waals surface area contributed by atoms with Gasteiger partial charge in [-0.25, -0.2) is 0 Å². The van der Waals surface area contributed by atoms with Crippen molar-refractivity contribution in [3.05, 3.63) is 48.6 Å². The highest BCUT2D eigenvalue weighted by atomic mass is 16.3. The maximum atomic E-state index is 11.3. The van der Waals surface area contributed by atoms with Crippen molar-refractivity contribution in [1.29, 1.82) is 0 Å². The van der Waals surface area contributed by atoms with Gasteiger partial charge in [0.2, 0.25) is 0 Å². The van der Waals surface area contributed by atoms with E-state index in [0.717, 1.165) is 24.8 Å². The molecule has 1 saturated carbocycles. The van der Waals surface area contributed by atoms with Crippen molar-refractivity contribution in [3.63, 3.8) is 0 Å². The molecule has 2 nitrogen and oxygen atoms in total. The second-order valence-corrected chi connectivity index (χ2v) is 5.18. The predicted molar refractivity (Wildman–Crippen MR) is 72.3 cm³/mol. The van der Waals surface area contributed by atoms with Gasteiger partial charge in [0.15, 0.2) is 0 Å². The van der Waals surface area contributed by atoms with Gasteiger partial charge in [0.25, 0.3) is 0 Å². The number of rotatable bonds is 0. The first-order valence-corrected chi connectivity index (χ1v) is 6.49. The van der Waals surface area contributed by atoms with Crippen LogP contribution in [0.3, 0.4) is 0 Å². The maximum Gasteiger partial charge on any atom is 0.132 e. The van der Waals surface area contributed by atoms with E-state index in [-0.39, 0.29) is 11.5 Å². The zero-order chi connectivity index (χ0) is 13.2. The topological polar surface area (TPSA) is 37.3 Å². The molecule has 18 heavy (non-hydrogen) atoms. The van der Waals surface area contributed by atoms with Crippen LogP contribution in [0.4, 0.5) is 0 Å². The summed E-state index contributed by atoms with van der Waals surface area (Å²) >= 11 is 0. The van der Waals surface area contributed by atoms with Gasteiger partial charge in [-0.15, -0.1) is 13.2 Å². The fourth-order valence-corrected chi connectivity index (χ4v) is 3.24. The van der Waals surface area contributed by atoms with Gasteiger partial charge in [-0.1, -0.05) is 24.3 Å². The lowest BCUT2D eigenvalue weighted by Crippen LogP contribution is -2.31. The molecule has 1 aromatic carbocycles. The molecule has 3 rings (SSSR count). The Labute approximate surface area is 108 Å². The van der Waals surface area contributed by atoms with Gasteiger partial charge in [0, 0.05) is 18.3 Å². The molecule has 1 N–H and O–H groups in total. The molecule has 0 aliphatic heterocycles. The minimum Gasteiger partial charge on any atom is -0.388 e. The van der Waals surface area contributed by atoms with Crippen molar-refractivity contribution < 1.29 is 9.90 Å². The normalized spacial score (nSPS) is 24.3. The lowest BCUT2D eigenvalue weighted by Gasteiger charge is -2.36. The molecule has 1 aromatic rings. The Balaban J connectivity index is 0.000000574. The highest BCUT2D eigenvalue weighted by Gasteiger charge is 2.46. The summed E-state index contributed by atoms with van der Waals surface area (Å²) in [5.74, 6) is 0.355. The Bertz CT molecular complexity index is 440. The average Bonchev–Trinajstić information content (AvgIpc) is 2.70. The van der Waals surface area contributed by atoms with E-state index in [9.17, 15) is 9.90 Å². The van der Waals surface area contributed by atoms with E-state index in [1.807, 2.05) is 18.2 Å². The molecule has 0 aromatic heterocycles. The van der Waals surface area contributed by atoms with Gasteiger partial charge in [-0.05, 0) is 30.4 Å². The van der Waals surface area contributed by atoms with Crippen LogP contribution >= 0.6 is 0 Å². The van der Waals surface area contributed by atoms with E-state index in [1.165, 1.54) is 5.56 Å². The fraction of sp³-hybridized carbons (Fsp3) is 0.438. The summed E-state index contributed by atoms with van der Waals surface area (Å²) in [5.41, 5.74) is 2.30. The van der Waals surface area contributed by atoms with Gasteiger partial charge < -0.3 is 5.11 Å². The van der Waals surface area contributed by atoms with E-state index in [0.29, 0.717) is 18.6 Å². The number of hydrogen-bond acceptors (Lipinski definition) is 2. The summed E-state index contributed by atoms with van der Waals surface area (Å²) < 4.78 is 0. The number of benzene rings is 1. The van der Waals surface area contributed by atoms with Crippen LogP contribution in [0.2, 0.25) is 0 Å². The molecule has 1 fully saturated rings. The predicted octanol–water partition coefficient (Wildman–Crippen LogP) is 3.21. The van der Waals surface area contributed by atoms with E-state index >= 15 is 0 Å². The Morgan fingerprint density at radius 1 is 1.17 bits per heavy atom. The molecular formula is C16H20O2. The summed E-state index contributed by atoms with van der Waals surface area (Å²) in [6, 6.07) is 8.13. The van der Waals surface area contributed by atoms with Crippen molar-refractivity contribution in [2.45, 2.75) is 38.2 Å². The summed E-state index contributed by atoms with van der Waals surface area (Å²) in [5, 5.41) is 10.4. The molecule has 1 atom stereocenters.